The highest BCUT2D eigenvalue weighted by Crippen LogP contribution is 2.36. The minimum absolute atomic E-state index is 0.229. The summed E-state index contributed by atoms with van der Waals surface area (Å²) in [4.78, 5) is 40.0. The van der Waals surface area contributed by atoms with E-state index in [1.165, 1.54) is 11.3 Å². The molecular formula is C24H22N4O3S. The molecule has 1 saturated heterocycles. The molecule has 7 nitrogen and oxygen atoms in total. The van der Waals surface area contributed by atoms with Gasteiger partial charge in [0.05, 0.1) is 6.04 Å². The molecular weight excluding hydrogens is 424 g/mol. The van der Waals surface area contributed by atoms with E-state index in [1.54, 1.807) is 11.0 Å². The van der Waals surface area contributed by atoms with Crippen LogP contribution in [0, 0.1) is 13.8 Å². The van der Waals surface area contributed by atoms with Crippen molar-refractivity contribution in [1.29, 1.82) is 0 Å². The number of thiazole rings is 1. The molecule has 4 aromatic rings. The standard InChI is InChI=1S/C24H22N4O3S/c1-14-7-5-9-16(13-14)31-24(30)28-12-6-11-18(28)22-25-19-21(29)26-20(27-23(19)32-22)17-10-4-3-8-15(17)2/h3-5,7-10,13,18H,6,11-12H2,1-2H3,(H,26,27,29)/t18-/m1/s1. The largest absolute Gasteiger partial charge is 0.415 e. The molecule has 162 valence electrons. The molecule has 0 spiro atoms. The highest BCUT2D eigenvalue weighted by atomic mass is 32.1. The topological polar surface area (TPSA) is 88.2 Å². The number of nitrogens with zero attached hydrogens (tertiary/aromatic N) is 3. The summed E-state index contributed by atoms with van der Waals surface area (Å²) in [7, 11) is 0. The zero-order valence-electron chi connectivity index (χ0n) is 17.8. The van der Waals surface area contributed by atoms with Crippen LogP contribution in [0.3, 0.4) is 0 Å². The second-order valence-corrected chi connectivity index (χ2v) is 8.98. The number of H-pyrrole nitrogens is 1. The number of rotatable bonds is 3. The number of carbonyl (C=O) groups is 1. The van der Waals surface area contributed by atoms with Crippen LogP contribution < -0.4 is 10.3 Å². The maximum atomic E-state index is 12.9. The van der Waals surface area contributed by atoms with E-state index in [9.17, 15) is 9.59 Å². The Kier molecular flexibility index (Phi) is 5.22. The maximum absolute atomic E-state index is 12.9. The fraction of sp³-hybridized carbons (Fsp3) is 0.250. The molecule has 0 unspecified atom stereocenters. The lowest BCUT2D eigenvalue weighted by Gasteiger charge is -2.22. The molecule has 0 aliphatic carbocycles. The molecule has 8 heteroatoms. The number of likely N-dealkylation sites (tertiary alicyclic amines) is 1. The molecule has 1 fully saturated rings. The summed E-state index contributed by atoms with van der Waals surface area (Å²) in [6.07, 6.45) is 1.22. The van der Waals surface area contributed by atoms with E-state index < -0.39 is 6.09 Å². The highest BCUT2D eigenvalue weighted by Gasteiger charge is 2.34. The van der Waals surface area contributed by atoms with Gasteiger partial charge in [-0.15, -0.1) is 0 Å². The van der Waals surface area contributed by atoms with Crippen molar-refractivity contribution < 1.29 is 9.53 Å². The van der Waals surface area contributed by atoms with Gasteiger partial charge in [0.25, 0.3) is 5.56 Å². The van der Waals surface area contributed by atoms with E-state index in [4.69, 9.17) is 4.74 Å². The first-order chi connectivity index (χ1) is 15.5. The molecule has 0 radical (unpaired) electrons. The van der Waals surface area contributed by atoms with Gasteiger partial charge in [0, 0.05) is 12.1 Å². The Morgan fingerprint density at radius 1 is 1.16 bits per heavy atom. The number of nitrogens with one attached hydrogen (secondary N) is 1. The second-order valence-electron chi connectivity index (χ2n) is 7.97. The van der Waals surface area contributed by atoms with Crippen LogP contribution in [-0.2, 0) is 0 Å². The quantitative estimate of drug-likeness (QED) is 0.478. The summed E-state index contributed by atoms with van der Waals surface area (Å²) in [6.45, 7) is 4.52. The molecule has 3 heterocycles. The van der Waals surface area contributed by atoms with Crippen molar-refractivity contribution in [3.8, 4) is 17.1 Å². The molecule has 0 saturated carbocycles. The van der Waals surface area contributed by atoms with Crippen molar-refractivity contribution >= 4 is 27.8 Å². The molecule has 2 aromatic heterocycles. The Hall–Kier alpha value is -3.52. The highest BCUT2D eigenvalue weighted by molar-refractivity contribution is 7.18. The maximum Gasteiger partial charge on any atom is 0.415 e. The number of aromatic amines is 1. The Bertz CT molecular complexity index is 1380. The van der Waals surface area contributed by atoms with Gasteiger partial charge in [-0.25, -0.2) is 14.8 Å². The molecule has 2 aromatic carbocycles. The number of carbonyl (C=O) groups excluding carboxylic acids is 1. The number of fused-ring (bicyclic) bond motifs is 1. The van der Waals surface area contributed by atoms with Gasteiger partial charge in [-0.3, -0.25) is 9.69 Å². The first kappa shape index (κ1) is 20.4. The van der Waals surface area contributed by atoms with E-state index in [-0.39, 0.29) is 11.6 Å². The van der Waals surface area contributed by atoms with Crippen LogP contribution in [0.1, 0.15) is 35.0 Å². The number of amides is 1. The number of aryl methyl sites for hydroxylation is 2. The van der Waals surface area contributed by atoms with E-state index in [0.29, 0.717) is 33.5 Å². The van der Waals surface area contributed by atoms with Gasteiger partial charge in [-0.05, 0) is 49.9 Å². The normalized spacial score (nSPS) is 15.9. The summed E-state index contributed by atoms with van der Waals surface area (Å²) in [5, 5.41) is 0.707. The summed E-state index contributed by atoms with van der Waals surface area (Å²) < 4.78 is 5.60. The summed E-state index contributed by atoms with van der Waals surface area (Å²) in [5.74, 6) is 1.05. The summed E-state index contributed by atoms with van der Waals surface area (Å²) in [6, 6.07) is 15.0. The number of ether oxygens (including phenoxy) is 1. The van der Waals surface area contributed by atoms with Gasteiger partial charge in [0.1, 0.15) is 16.6 Å². The smallest absolute Gasteiger partial charge is 0.410 e. The van der Waals surface area contributed by atoms with Gasteiger partial charge in [0.15, 0.2) is 10.3 Å². The zero-order chi connectivity index (χ0) is 22.2. The van der Waals surface area contributed by atoms with Crippen LogP contribution in [0.5, 0.6) is 5.75 Å². The van der Waals surface area contributed by atoms with Crippen LogP contribution in [-0.4, -0.2) is 32.5 Å². The minimum Gasteiger partial charge on any atom is -0.410 e. The number of benzene rings is 2. The Labute approximate surface area is 188 Å². The summed E-state index contributed by atoms with van der Waals surface area (Å²) >= 11 is 1.36. The van der Waals surface area contributed by atoms with E-state index >= 15 is 0 Å². The van der Waals surface area contributed by atoms with E-state index in [2.05, 4.69) is 15.0 Å². The van der Waals surface area contributed by atoms with Crippen molar-refractivity contribution in [3.63, 3.8) is 0 Å². The molecule has 32 heavy (non-hydrogen) atoms. The fourth-order valence-electron chi connectivity index (χ4n) is 4.04. The molecule has 1 atom stereocenters. The van der Waals surface area contributed by atoms with Crippen molar-refractivity contribution in [2.45, 2.75) is 32.7 Å². The van der Waals surface area contributed by atoms with Crippen molar-refractivity contribution in [2.75, 3.05) is 6.54 Å². The lowest BCUT2D eigenvalue weighted by Crippen LogP contribution is -2.33. The summed E-state index contributed by atoms with van der Waals surface area (Å²) in [5.41, 5.74) is 2.96. The Balaban J connectivity index is 1.46. The minimum atomic E-state index is -0.403. The van der Waals surface area contributed by atoms with E-state index in [0.717, 1.165) is 29.5 Å². The third kappa shape index (κ3) is 3.78. The van der Waals surface area contributed by atoms with Gasteiger partial charge >= 0.3 is 6.09 Å². The average Bonchev–Trinajstić information content (AvgIpc) is 3.41. The SMILES string of the molecule is Cc1cccc(OC(=O)N2CCC[C@@H]2c2nc3c(=O)[nH]c(-c4ccccc4C)nc3s2)c1. The van der Waals surface area contributed by atoms with E-state index in [1.807, 2.05) is 56.3 Å². The molecule has 1 amide bonds. The van der Waals surface area contributed by atoms with Crippen LogP contribution in [0.25, 0.3) is 21.7 Å². The second kappa shape index (κ2) is 8.20. The number of hydrogen-bond acceptors (Lipinski definition) is 6. The van der Waals surface area contributed by atoms with Crippen LogP contribution in [0.15, 0.2) is 53.3 Å². The third-order valence-electron chi connectivity index (χ3n) is 5.65. The van der Waals surface area contributed by atoms with Gasteiger partial charge < -0.3 is 9.72 Å². The predicted octanol–water partition coefficient (Wildman–Crippen LogP) is 5.00. The Morgan fingerprint density at radius 3 is 2.81 bits per heavy atom. The van der Waals surface area contributed by atoms with Crippen molar-refractivity contribution in [3.05, 3.63) is 75.0 Å². The number of aromatic nitrogens is 3. The monoisotopic (exact) mass is 446 g/mol. The molecule has 1 aliphatic heterocycles. The lowest BCUT2D eigenvalue weighted by molar-refractivity contribution is 0.147. The van der Waals surface area contributed by atoms with Crippen LogP contribution in [0.4, 0.5) is 4.79 Å². The van der Waals surface area contributed by atoms with Gasteiger partial charge in [0.2, 0.25) is 0 Å². The fourth-order valence-corrected chi connectivity index (χ4v) is 5.13. The molecule has 1 aliphatic rings. The number of hydrogen-bond donors (Lipinski definition) is 1. The van der Waals surface area contributed by atoms with Crippen LogP contribution >= 0.6 is 11.3 Å². The molecule has 5 rings (SSSR count). The first-order valence-corrected chi connectivity index (χ1v) is 11.3. The average molecular weight is 447 g/mol. The van der Waals surface area contributed by atoms with Crippen molar-refractivity contribution in [1.82, 2.24) is 19.9 Å². The molecule has 0 bridgehead atoms. The third-order valence-corrected chi connectivity index (χ3v) is 6.70. The predicted molar refractivity (Wildman–Crippen MR) is 124 cm³/mol. The molecule has 1 N–H and O–H groups in total. The van der Waals surface area contributed by atoms with Gasteiger partial charge in [-0.1, -0.05) is 47.7 Å². The van der Waals surface area contributed by atoms with Gasteiger partial charge in [-0.2, -0.15) is 0 Å². The Morgan fingerprint density at radius 2 is 2.00 bits per heavy atom. The zero-order valence-corrected chi connectivity index (χ0v) is 18.6. The first-order valence-electron chi connectivity index (χ1n) is 10.5. The lowest BCUT2D eigenvalue weighted by atomic mass is 10.1. The van der Waals surface area contributed by atoms with Crippen LogP contribution in [0.2, 0.25) is 0 Å². The van der Waals surface area contributed by atoms with Crippen molar-refractivity contribution in [2.24, 2.45) is 0 Å².